The molecular weight excluding hydrogens is 542 g/mol. The fraction of sp³-hybridized carbons (Fsp3) is 0.500. The van der Waals surface area contributed by atoms with Gasteiger partial charge in [0.2, 0.25) is 0 Å². The lowest BCUT2D eigenvalue weighted by Crippen LogP contribution is -2.56. The molecule has 3 aromatic rings. The van der Waals surface area contributed by atoms with Gasteiger partial charge >= 0.3 is 5.91 Å². The number of nitrogens with zero attached hydrogens (tertiary/aromatic N) is 6. The highest BCUT2D eigenvalue weighted by molar-refractivity contribution is 7.89. The number of amides is 1. The molecule has 2 aromatic heterocycles. The molecular formula is C26H32ClN7O4S. The zero-order valence-corrected chi connectivity index (χ0v) is 23.8. The number of halogens is 1. The van der Waals surface area contributed by atoms with E-state index >= 15 is 0 Å². The van der Waals surface area contributed by atoms with Crippen molar-refractivity contribution in [2.45, 2.75) is 43.4 Å². The van der Waals surface area contributed by atoms with Gasteiger partial charge in [-0.2, -0.15) is 9.57 Å². The second-order valence-electron chi connectivity index (χ2n) is 10.4. The number of carbonyl (C=O) groups excluding carboxylic acids is 1. The SMILES string of the molecule is CN(C)Cc1c(S(=O)(=O)N2CCN(C(=O)c3nc4c(o3)CN(C)CC4)C(CCC#N)C2)[nH]c2ccc(Cl)cc12. The smallest absolute Gasteiger partial charge is 0.310 e. The average Bonchev–Trinajstić information content (AvgIpc) is 3.48. The highest BCUT2D eigenvalue weighted by Crippen LogP contribution is 2.32. The molecule has 0 spiro atoms. The molecule has 2 aliphatic heterocycles. The monoisotopic (exact) mass is 573 g/mol. The van der Waals surface area contributed by atoms with Gasteiger partial charge in [0.1, 0.15) is 5.76 Å². The number of nitriles is 1. The van der Waals surface area contributed by atoms with E-state index in [1.807, 2.05) is 26.0 Å². The van der Waals surface area contributed by atoms with Gasteiger partial charge in [-0.15, -0.1) is 0 Å². The van der Waals surface area contributed by atoms with Crippen LogP contribution in [0.25, 0.3) is 10.9 Å². The van der Waals surface area contributed by atoms with Crippen LogP contribution in [-0.4, -0.2) is 96.7 Å². The lowest BCUT2D eigenvalue weighted by atomic mass is 10.1. The third kappa shape index (κ3) is 5.42. The summed E-state index contributed by atoms with van der Waals surface area (Å²) in [5.41, 5.74) is 2.11. The van der Waals surface area contributed by atoms with Crippen molar-refractivity contribution in [3.05, 3.63) is 46.1 Å². The van der Waals surface area contributed by atoms with Gasteiger partial charge < -0.3 is 19.2 Å². The van der Waals surface area contributed by atoms with E-state index in [1.165, 1.54) is 4.31 Å². The molecule has 39 heavy (non-hydrogen) atoms. The molecule has 1 fully saturated rings. The molecule has 4 heterocycles. The van der Waals surface area contributed by atoms with E-state index in [4.69, 9.17) is 16.0 Å². The van der Waals surface area contributed by atoms with Gasteiger partial charge in [-0.1, -0.05) is 11.6 Å². The van der Waals surface area contributed by atoms with Crippen LogP contribution in [0.2, 0.25) is 5.02 Å². The van der Waals surface area contributed by atoms with Crippen molar-refractivity contribution in [1.82, 2.24) is 29.0 Å². The molecule has 11 nitrogen and oxygen atoms in total. The maximum absolute atomic E-state index is 14.0. The van der Waals surface area contributed by atoms with Crippen LogP contribution >= 0.6 is 11.6 Å². The van der Waals surface area contributed by atoms with Crippen LogP contribution in [0.5, 0.6) is 0 Å². The molecule has 2 aliphatic rings. The van der Waals surface area contributed by atoms with Crippen molar-refractivity contribution < 1.29 is 17.6 Å². The quantitative estimate of drug-likeness (QED) is 0.456. The predicted molar refractivity (Wildman–Crippen MR) is 146 cm³/mol. The molecule has 1 saturated heterocycles. The Morgan fingerprint density at radius 3 is 2.85 bits per heavy atom. The maximum atomic E-state index is 14.0. The molecule has 0 aliphatic carbocycles. The van der Waals surface area contributed by atoms with Gasteiger partial charge in [0, 0.05) is 73.1 Å². The second kappa shape index (κ2) is 10.9. The number of aromatic amines is 1. The number of aromatic nitrogens is 2. The Hall–Kier alpha value is -2.95. The number of sulfonamides is 1. The van der Waals surface area contributed by atoms with E-state index < -0.39 is 16.1 Å². The average molecular weight is 574 g/mol. The minimum Gasteiger partial charge on any atom is -0.436 e. The minimum atomic E-state index is -3.95. The first-order valence-corrected chi connectivity index (χ1v) is 14.7. The predicted octanol–water partition coefficient (Wildman–Crippen LogP) is 2.68. The topological polar surface area (TPSA) is 130 Å². The Bertz CT molecular complexity index is 1540. The molecule has 1 unspecified atom stereocenters. The van der Waals surface area contributed by atoms with Gasteiger partial charge in [-0.25, -0.2) is 13.4 Å². The fourth-order valence-electron chi connectivity index (χ4n) is 5.35. The summed E-state index contributed by atoms with van der Waals surface area (Å²) in [6, 6.07) is 6.89. The summed E-state index contributed by atoms with van der Waals surface area (Å²) in [6.07, 6.45) is 1.23. The summed E-state index contributed by atoms with van der Waals surface area (Å²) in [5, 5.41) is 10.7. The van der Waals surface area contributed by atoms with Crippen LogP contribution in [-0.2, 0) is 29.5 Å². The highest BCUT2D eigenvalue weighted by Gasteiger charge is 2.40. The molecule has 1 atom stereocenters. The van der Waals surface area contributed by atoms with E-state index in [9.17, 15) is 18.5 Å². The third-order valence-corrected chi connectivity index (χ3v) is 9.41. The van der Waals surface area contributed by atoms with Gasteiger partial charge in [-0.05, 0) is 45.8 Å². The van der Waals surface area contributed by atoms with E-state index in [2.05, 4.69) is 20.9 Å². The first kappa shape index (κ1) is 27.6. The number of rotatable bonds is 7. The number of hydrogen-bond acceptors (Lipinski definition) is 8. The summed E-state index contributed by atoms with van der Waals surface area (Å²) in [5.74, 6) is 0.337. The van der Waals surface area contributed by atoms with Crippen molar-refractivity contribution in [3.8, 4) is 6.07 Å². The van der Waals surface area contributed by atoms with E-state index in [0.29, 0.717) is 47.8 Å². The van der Waals surface area contributed by atoms with E-state index in [0.717, 1.165) is 17.6 Å². The van der Waals surface area contributed by atoms with Crippen molar-refractivity contribution in [3.63, 3.8) is 0 Å². The van der Waals surface area contributed by atoms with Crippen LogP contribution in [0, 0.1) is 11.3 Å². The molecule has 5 rings (SSSR count). The number of hydrogen-bond donors (Lipinski definition) is 1. The summed E-state index contributed by atoms with van der Waals surface area (Å²) in [4.78, 5) is 26.7. The lowest BCUT2D eigenvalue weighted by molar-refractivity contribution is 0.0510. The lowest BCUT2D eigenvalue weighted by Gasteiger charge is -2.40. The van der Waals surface area contributed by atoms with Crippen LogP contribution in [0.1, 0.15) is 40.5 Å². The Morgan fingerprint density at radius 2 is 2.10 bits per heavy atom. The van der Waals surface area contributed by atoms with Crippen LogP contribution < -0.4 is 0 Å². The summed E-state index contributed by atoms with van der Waals surface area (Å²) >= 11 is 6.24. The number of nitrogens with one attached hydrogen (secondary N) is 1. The van der Waals surface area contributed by atoms with Gasteiger partial charge in [0.15, 0.2) is 5.03 Å². The third-order valence-electron chi connectivity index (χ3n) is 7.30. The molecule has 208 valence electrons. The standard InChI is InChI=1S/C26H32ClN7O4S/c1-31(2)15-20-19-13-17(27)6-7-21(19)30-25(20)39(36,37)33-11-12-34(18(14-33)5-4-9-28)26(35)24-29-22-8-10-32(3)16-23(22)38-24/h6-7,13,18,30H,4-5,8,10-12,14-16H2,1-3H3. The zero-order chi connectivity index (χ0) is 27.9. The largest absolute Gasteiger partial charge is 0.436 e. The first-order chi connectivity index (χ1) is 18.6. The number of H-pyrrole nitrogens is 1. The first-order valence-electron chi connectivity index (χ1n) is 12.9. The van der Waals surface area contributed by atoms with Crippen molar-refractivity contribution >= 4 is 38.4 Å². The number of likely N-dealkylation sites (N-methyl/N-ethyl adjacent to an activating group) is 1. The number of fused-ring (bicyclic) bond motifs is 2. The molecule has 0 radical (unpaired) electrons. The fourth-order valence-corrected chi connectivity index (χ4v) is 7.19. The Labute approximate surface area is 233 Å². The van der Waals surface area contributed by atoms with Gasteiger partial charge in [0.25, 0.3) is 15.9 Å². The number of oxazole rings is 1. The highest BCUT2D eigenvalue weighted by atomic mass is 35.5. The zero-order valence-electron chi connectivity index (χ0n) is 22.3. The number of piperazine rings is 1. The van der Waals surface area contributed by atoms with Crippen molar-refractivity contribution in [2.75, 3.05) is 47.3 Å². The van der Waals surface area contributed by atoms with Crippen LogP contribution in [0.3, 0.4) is 0 Å². The van der Waals surface area contributed by atoms with Crippen molar-refractivity contribution in [1.29, 1.82) is 5.26 Å². The number of benzene rings is 1. The molecule has 1 aromatic carbocycles. The number of carbonyl (C=O) groups is 1. The van der Waals surface area contributed by atoms with E-state index in [-0.39, 0.29) is 42.9 Å². The Morgan fingerprint density at radius 1 is 1.31 bits per heavy atom. The van der Waals surface area contributed by atoms with Crippen molar-refractivity contribution in [2.24, 2.45) is 0 Å². The van der Waals surface area contributed by atoms with Gasteiger partial charge in [-0.3, -0.25) is 9.69 Å². The summed E-state index contributed by atoms with van der Waals surface area (Å²) < 4.78 is 35.3. The van der Waals surface area contributed by atoms with Gasteiger partial charge in [0.05, 0.1) is 18.3 Å². The van der Waals surface area contributed by atoms with Crippen LogP contribution in [0.4, 0.5) is 0 Å². The normalized spacial score (nSPS) is 19.0. The maximum Gasteiger partial charge on any atom is 0.310 e. The second-order valence-corrected chi connectivity index (χ2v) is 12.8. The Balaban J connectivity index is 1.44. The molecule has 1 N–H and O–H groups in total. The molecule has 1 amide bonds. The van der Waals surface area contributed by atoms with E-state index in [1.54, 1.807) is 23.1 Å². The Kier molecular flexibility index (Phi) is 7.72. The molecule has 13 heteroatoms. The summed E-state index contributed by atoms with van der Waals surface area (Å²) in [7, 11) is 1.78. The minimum absolute atomic E-state index is 0.0225. The molecule has 0 saturated carbocycles. The van der Waals surface area contributed by atoms with Crippen LogP contribution in [0.15, 0.2) is 27.6 Å². The molecule has 0 bridgehead atoms. The summed E-state index contributed by atoms with van der Waals surface area (Å²) in [6.45, 7) is 2.16.